The van der Waals surface area contributed by atoms with Crippen LogP contribution in [0, 0.1) is 5.82 Å². The number of para-hydroxylation sites is 1. The van der Waals surface area contributed by atoms with Crippen LogP contribution >= 0.6 is 0 Å². The molecule has 2 aromatic rings. The van der Waals surface area contributed by atoms with Gasteiger partial charge in [-0.1, -0.05) is 24.3 Å². The summed E-state index contributed by atoms with van der Waals surface area (Å²) in [7, 11) is 3.34. The van der Waals surface area contributed by atoms with Crippen molar-refractivity contribution in [2.45, 2.75) is 31.3 Å². The summed E-state index contributed by atoms with van der Waals surface area (Å²) < 4.78 is 24.0. The van der Waals surface area contributed by atoms with E-state index in [2.05, 4.69) is 11.0 Å². The molecule has 1 aliphatic heterocycles. The lowest BCUT2D eigenvalue weighted by atomic mass is 9.87. The second-order valence-electron chi connectivity index (χ2n) is 6.78. The van der Waals surface area contributed by atoms with Gasteiger partial charge in [0.1, 0.15) is 5.82 Å². The number of halogens is 1. The van der Waals surface area contributed by atoms with Gasteiger partial charge in [-0.2, -0.15) is 0 Å². The molecule has 2 atom stereocenters. The third-order valence-corrected chi connectivity index (χ3v) is 5.23. The average Bonchev–Trinajstić information content (AvgIpc) is 2.67. The van der Waals surface area contributed by atoms with Gasteiger partial charge < -0.3 is 15.2 Å². The van der Waals surface area contributed by atoms with Crippen LogP contribution in [0.25, 0.3) is 0 Å². The van der Waals surface area contributed by atoms with Crippen molar-refractivity contribution < 1.29 is 13.9 Å². The molecule has 2 unspecified atom stereocenters. The molecule has 0 radical (unpaired) electrons. The van der Waals surface area contributed by atoms with Gasteiger partial charge in [0.05, 0.1) is 20.4 Å². The van der Waals surface area contributed by atoms with Crippen molar-refractivity contribution in [3.63, 3.8) is 0 Å². The van der Waals surface area contributed by atoms with Gasteiger partial charge in [0.2, 0.25) is 0 Å². The fourth-order valence-corrected chi connectivity index (χ4v) is 3.76. The first kappa shape index (κ1) is 18.7. The molecule has 0 saturated carbocycles. The number of likely N-dealkylation sites (tertiary alicyclic amines) is 1. The number of hydrogen-bond donors (Lipinski definition) is 1. The van der Waals surface area contributed by atoms with Gasteiger partial charge in [-0.05, 0) is 48.9 Å². The van der Waals surface area contributed by atoms with Crippen LogP contribution in [0.4, 0.5) is 4.39 Å². The molecule has 2 N–H and O–H groups in total. The lowest BCUT2D eigenvalue weighted by Crippen LogP contribution is -2.48. The zero-order chi connectivity index (χ0) is 18.5. The second-order valence-corrected chi connectivity index (χ2v) is 6.78. The Morgan fingerprint density at radius 1 is 1.12 bits per heavy atom. The summed E-state index contributed by atoms with van der Waals surface area (Å²) in [4.78, 5) is 2.31. The predicted octanol–water partition coefficient (Wildman–Crippen LogP) is 3.55. The maximum atomic E-state index is 13.0. The molecule has 0 aliphatic carbocycles. The third kappa shape index (κ3) is 4.17. The molecule has 2 aromatic carbocycles. The summed E-state index contributed by atoms with van der Waals surface area (Å²) in [5, 5.41) is 0. The number of rotatable bonds is 6. The highest BCUT2D eigenvalue weighted by atomic mass is 19.1. The van der Waals surface area contributed by atoms with Crippen LogP contribution in [0.3, 0.4) is 0 Å². The monoisotopic (exact) mass is 358 g/mol. The van der Waals surface area contributed by atoms with Crippen LogP contribution in [0.5, 0.6) is 11.5 Å². The van der Waals surface area contributed by atoms with Crippen molar-refractivity contribution in [2.24, 2.45) is 5.73 Å². The van der Waals surface area contributed by atoms with Gasteiger partial charge in [0, 0.05) is 18.7 Å². The van der Waals surface area contributed by atoms with Gasteiger partial charge >= 0.3 is 0 Å². The SMILES string of the molecule is COc1cccc(C2CCN(CCc3ccc(F)cc3)C(N)C2)c1OC. The van der Waals surface area contributed by atoms with Crippen molar-refractivity contribution in [3.05, 3.63) is 59.4 Å². The standard InChI is InChI=1S/C21H27FN2O2/c1-25-19-5-3-4-18(21(19)26-2)16-11-13-24(20(23)14-16)12-10-15-6-8-17(22)9-7-15/h3-9,16,20H,10-14,23H2,1-2H3. The zero-order valence-corrected chi connectivity index (χ0v) is 15.5. The first-order chi connectivity index (χ1) is 12.6. The van der Waals surface area contributed by atoms with E-state index in [0.29, 0.717) is 5.92 Å². The van der Waals surface area contributed by atoms with Gasteiger partial charge in [-0.15, -0.1) is 0 Å². The van der Waals surface area contributed by atoms with E-state index in [1.54, 1.807) is 14.2 Å². The molecule has 0 amide bonds. The Morgan fingerprint density at radius 3 is 2.54 bits per heavy atom. The van der Waals surface area contributed by atoms with Crippen molar-refractivity contribution in [2.75, 3.05) is 27.3 Å². The molecule has 1 aliphatic rings. The molecular formula is C21H27FN2O2. The summed E-state index contributed by atoms with van der Waals surface area (Å²) >= 11 is 0. The molecule has 1 saturated heterocycles. The highest BCUT2D eigenvalue weighted by Gasteiger charge is 2.29. The Balaban J connectivity index is 1.62. The molecule has 5 heteroatoms. The topological polar surface area (TPSA) is 47.7 Å². The van der Waals surface area contributed by atoms with E-state index >= 15 is 0 Å². The van der Waals surface area contributed by atoms with Crippen LogP contribution in [-0.4, -0.2) is 38.4 Å². The molecule has 4 nitrogen and oxygen atoms in total. The van der Waals surface area contributed by atoms with Crippen LogP contribution in [0.15, 0.2) is 42.5 Å². The Hall–Kier alpha value is -2.11. The van der Waals surface area contributed by atoms with E-state index in [4.69, 9.17) is 15.2 Å². The second kappa shape index (κ2) is 8.52. The number of hydrogen-bond acceptors (Lipinski definition) is 4. The summed E-state index contributed by atoms with van der Waals surface area (Å²) in [5.41, 5.74) is 8.75. The van der Waals surface area contributed by atoms with E-state index in [1.807, 2.05) is 24.3 Å². The summed E-state index contributed by atoms with van der Waals surface area (Å²) in [5.74, 6) is 1.74. The Bertz CT molecular complexity index is 720. The highest BCUT2D eigenvalue weighted by molar-refractivity contribution is 5.48. The molecule has 140 valence electrons. The van der Waals surface area contributed by atoms with Gasteiger partial charge in [0.15, 0.2) is 11.5 Å². The maximum absolute atomic E-state index is 13.0. The Labute approximate surface area is 154 Å². The minimum Gasteiger partial charge on any atom is -0.493 e. The quantitative estimate of drug-likeness (QED) is 0.858. The fourth-order valence-electron chi connectivity index (χ4n) is 3.76. The van der Waals surface area contributed by atoms with Crippen LogP contribution in [0.1, 0.15) is 29.9 Å². The molecule has 0 spiro atoms. The van der Waals surface area contributed by atoms with Gasteiger partial charge in [-0.25, -0.2) is 4.39 Å². The Morgan fingerprint density at radius 2 is 1.88 bits per heavy atom. The molecule has 1 heterocycles. The number of nitrogens with two attached hydrogens (primary N) is 1. The number of benzene rings is 2. The predicted molar refractivity (Wildman–Crippen MR) is 101 cm³/mol. The molecule has 3 rings (SSSR count). The molecule has 0 aromatic heterocycles. The van der Waals surface area contributed by atoms with E-state index in [0.717, 1.165) is 49.4 Å². The van der Waals surface area contributed by atoms with E-state index in [-0.39, 0.29) is 12.0 Å². The first-order valence-electron chi connectivity index (χ1n) is 9.07. The number of piperidine rings is 1. The largest absolute Gasteiger partial charge is 0.493 e. The van der Waals surface area contributed by atoms with Gasteiger partial charge in [0.25, 0.3) is 0 Å². The number of ether oxygens (including phenoxy) is 2. The number of nitrogens with zero attached hydrogens (tertiary/aromatic N) is 1. The summed E-state index contributed by atoms with van der Waals surface area (Å²) in [6, 6.07) is 12.7. The van der Waals surface area contributed by atoms with E-state index < -0.39 is 0 Å². The number of methoxy groups -OCH3 is 2. The van der Waals surface area contributed by atoms with Crippen molar-refractivity contribution in [3.8, 4) is 11.5 Å². The third-order valence-electron chi connectivity index (χ3n) is 5.23. The Kier molecular flexibility index (Phi) is 6.12. The molecule has 0 bridgehead atoms. The van der Waals surface area contributed by atoms with Gasteiger partial charge in [-0.3, -0.25) is 4.90 Å². The molecule has 26 heavy (non-hydrogen) atoms. The summed E-state index contributed by atoms with van der Waals surface area (Å²) in [6.07, 6.45) is 2.79. The van der Waals surface area contributed by atoms with Crippen LogP contribution < -0.4 is 15.2 Å². The maximum Gasteiger partial charge on any atom is 0.164 e. The average molecular weight is 358 g/mol. The lowest BCUT2D eigenvalue weighted by molar-refractivity contribution is 0.139. The van der Waals surface area contributed by atoms with E-state index in [1.165, 1.54) is 17.7 Å². The smallest absolute Gasteiger partial charge is 0.164 e. The minimum absolute atomic E-state index is 0.00473. The molecule has 1 fully saturated rings. The van der Waals surface area contributed by atoms with Crippen LogP contribution in [0.2, 0.25) is 0 Å². The fraction of sp³-hybridized carbons (Fsp3) is 0.429. The molecular weight excluding hydrogens is 331 g/mol. The zero-order valence-electron chi connectivity index (χ0n) is 15.5. The van der Waals surface area contributed by atoms with Crippen molar-refractivity contribution in [1.29, 1.82) is 0 Å². The minimum atomic E-state index is -0.196. The first-order valence-corrected chi connectivity index (χ1v) is 9.07. The van der Waals surface area contributed by atoms with Crippen molar-refractivity contribution in [1.82, 2.24) is 4.90 Å². The normalized spacial score (nSPS) is 20.8. The van der Waals surface area contributed by atoms with Crippen molar-refractivity contribution >= 4 is 0 Å². The lowest BCUT2D eigenvalue weighted by Gasteiger charge is -2.38. The van der Waals surface area contributed by atoms with Crippen LogP contribution in [-0.2, 0) is 6.42 Å². The van der Waals surface area contributed by atoms with E-state index in [9.17, 15) is 4.39 Å². The summed E-state index contributed by atoms with van der Waals surface area (Å²) in [6.45, 7) is 1.82. The highest BCUT2D eigenvalue weighted by Crippen LogP contribution is 2.40.